The minimum atomic E-state index is -4.39. The highest BCUT2D eigenvalue weighted by atomic mass is 19.4. The Labute approximate surface area is 108 Å². The van der Waals surface area contributed by atoms with Crippen molar-refractivity contribution in [2.75, 3.05) is 19.8 Å². The van der Waals surface area contributed by atoms with Gasteiger partial charge in [-0.15, -0.1) is 0 Å². The third-order valence-corrected chi connectivity index (χ3v) is 2.15. The van der Waals surface area contributed by atoms with Crippen molar-refractivity contribution in [3.8, 4) is 5.75 Å². The van der Waals surface area contributed by atoms with Gasteiger partial charge in [0.15, 0.2) is 0 Å². The van der Waals surface area contributed by atoms with Gasteiger partial charge < -0.3 is 20.3 Å². The summed E-state index contributed by atoms with van der Waals surface area (Å²) >= 11 is 0. The maximum atomic E-state index is 11.8. The van der Waals surface area contributed by atoms with E-state index in [1.165, 1.54) is 0 Å². The van der Waals surface area contributed by atoms with Crippen molar-refractivity contribution >= 4 is 0 Å². The molecule has 19 heavy (non-hydrogen) atoms. The number of rotatable bonds is 7. The maximum absolute atomic E-state index is 11.8. The molecule has 1 atom stereocenters. The summed E-state index contributed by atoms with van der Waals surface area (Å²) in [5.74, 6) is 0.498. The first kappa shape index (κ1) is 15.7. The van der Waals surface area contributed by atoms with Crippen LogP contribution >= 0.6 is 0 Å². The quantitative estimate of drug-likeness (QED) is 0.793. The predicted octanol–water partition coefficient (Wildman–Crippen LogP) is 1.46. The lowest BCUT2D eigenvalue weighted by atomic mass is 10.2. The average Bonchev–Trinajstić information content (AvgIpc) is 2.35. The Hall–Kier alpha value is -1.31. The molecule has 0 aliphatic heterocycles. The monoisotopic (exact) mass is 279 g/mol. The number of ether oxygens (including phenoxy) is 2. The molecule has 1 aromatic carbocycles. The number of nitrogens with two attached hydrogens (primary N) is 1. The zero-order valence-corrected chi connectivity index (χ0v) is 10.2. The van der Waals surface area contributed by atoms with Gasteiger partial charge in [0, 0.05) is 6.54 Å². The van der Waals surface area contributed by atoms with E-state index in [4.69, 9.17) is 10.5 Å². The molecule has 0 spiro atoms. The van der Waals surface area contributed by atoms with Gasteiger partial charge in [-0.25, -0.2) is 0 Å². The third-order valence-electron chi connectivity index (χ3n) is 2.15. The SMILES string of the molecule is NCc1cccc(OCC(O)COCC(F)(F)F)c1. The predicted molar refractivity (Wildman–Crippen MR) is 62.7 cm³/mol. The van der Waals surface area contributed by atoms with Gasteiger partial charge in [0.25, 0.3) is 0 Å². The highest BCUT2D eigenvalue weighted by Gasteiger charge is 2.27. The molecular weight excluding hydrogens is 263 g/mol. The van der Waals surface area contributed by atoms with E-state index in [-0.39, 0.29) is 6.61 Å². The fourth-order valence-electron chi connectivity index (χ4n) is 1.31. The largest absolute Gasteiger partial charge is 0.491 e. The minimum absolute atomic E-state index is 0.147. The van der Waals surface area contributed by atoms with Gasteiger partial charge in [-0.3, -0.25) is 0 Å². The molecule has 108 valence electrons. The molecule has 0 saturated heterocycles. The van der Waals surface area contributed by atoms with Gasteiger partial charge >= 0.3 is 6.18 Å². The van der Waals surface area contributed by atoms with Crippen LogP contribution in [-0.2, 0) is 11.3 Å². The number of aliphatic hydroxyl groups is 1. The summed E-state index contributed by atoms with van der Waals surface area (Å²) < 4.78 is 44.9. The zero-order valence-electron chi connectivity index (χ0n) is 10.2. The Kier molecular flexibility index (Phi) is 6.07. The summed E-state index contributed by atoms with van der Waals surface area (Å²) in [5, 5.41) is 9.39. The minimum Gasteiger partial charge on any atom is -0.491 e. The van der Waals surface area contributed by atoms with E-state index >= 15 is 0 Å². The van der Waals surface area contributed by atoms with Crippen LogP contribution in [0.3, 0.4) is 0 Å². The molecule has 1 aromatic rings. The normalized spacial score (nSPS) is 13.3. The van der Waals surface area contributed by atoms with Gasteiger partial charge in [-0.1, -0.05) is 12.1 Å². The van der Waals surface area contributed by atoms with Gasteiger partial charge in [0.1, 0.15) is 25.1 Å². The first-order valence-corrected chi connectivity index (χ1v) is 5.65. The lowest BCUT2D eigenvalue weighted by Gasteiger charge is -2.14. The number of hydrogen-bond donors (Lipinski definition) is 2. The third kappa shape index (κ3) is 7.00. The highest BCUT2D eigenvalue weighted by molar-refractivity contribution is 5.28. The van der Waals surface area contributed by atoms with Crippen LogP contribution in [0.4, 0.5) is 13.2 Å². The van der Waals surface area contributed by atoms with Crippen molar-refractivity contribution in [1.82, 2.24) is 0 Å². The molecule has 4 nitrogen and oxygen atoms in total. The van der Waals surface area contributed by atoms with Crippen LogP contribution in [0, 0.1) is 0 Å². The maximum Gasteiger partial charge on any atom is 0.411 e. The van der Waals surface area contributed by atoms with E-state index in [1.807, 2.05) is 6.07 Å². The van der Waals surface area contributed by atoms with Crippen LogP contribution in [0.2, 0.25) is 0 Å². The number of benzene rings is 1. The lowest BCUT2D eigenvalue weighted by Crippen LogP contribution is -2.27. The topological polar surface area (TPSA) is 64.7 Å². The smallest absolute Gasteiger partial charge is 0.411 e. The second kappa shape index (κ2) is 7.32. The fraction of sp³-hybridized carbons (Fsp3) is 0.500. The van der Waals surface area contributed by atoms with E-state index in [1.54, 1.807) is 18.2 Å². The summed E-state index contributed by atoms with van der Waals surface area (Å²) in [6.45, 7) is -1.61. The van der Waals surface area contributed by atoms with E-state index < -0.39 is 25.5 Å². The zero-order chi connectivity index (χ0) is 14.3. The summed E-state index contributed by atoms with van der Waals surface area (Å²) in [5.41, 5.74) is 6.31. The van der Waals surface area contributed by atoms with E-state index in [9.17, 15) is 18.3 Å². The van der Waals surface area contributed by atoms with Crippen LogP contribution in [-0.4, -0.2) is 37.2 Å². The van der Waals surface area contributed by atoms with Crippen molar-refractivity contribution in [3.05, 3.63) is 29.8 Å². The summed E-state index contributed by atoms with van der Waals surface area (Å²) in [7, 11) is 0. The van der Waals surface area contributed by atoms with Gasteiger partial charge in [0.2, 0.25) is 0 Å². The summed E-state index contributed by atoms with van der Waals surface area (Å²) in [6, 6.07) is 6.92. The number of aliphatic hydroxyl groups excluding tert-OH is 1. The van der Waals surface area contributed by atoms with Crippen molar-refractivity contribution < 1.29 is 27.8 Å². The van der Waals surface area contributed by atoms with Gasteiger partial charge in [0.05, 0.1) is 6.61 Å². The Balaban J connectivity index is 2.27. The highest BCUT2D eigenvalue weighted by Crippen LogP contribution is 2.15. The van der Waals surface area contributed by atoms with Gasteiger partial charge in [-0.2, -0.15) is 13.2 Å². The Morgan fingerprint density at radius 1 is 1.26 bits per heavy atom. The molecule has 0 heterocycles. The molecule has 0 bridgehead atoms. The molecule has 3 N–H and O–H groups in total. The van der Waals surface area contributed by atoms with Crippen molar-refractivity contribution in [2.24, 2.45) is 5.73 Å². The lowest BCUT2D eigenvalue weighted by molar-refractivity contribution is -0.179. The van der Waals surface area contributed by atoms with Crippen LogP contribution in [0.1, 0.15) is 5.56 Å². The number of hydrogen-bond acceptors (Lipinski definition) is 4. The molecule has 0 amide bonds. The van der Waals surface area contributed by atoms with Crippen LogP contribution < -0.4 is 10.5 Å². The molecule has 0 aromatic heterocycles. The van der Waals surface area contributed by atoms with Crippen molar-refractivity contribution in [3.63, 3.8) is 0 Å². The fourth-order valence-corrected chi connectivity index (χ4v) is 1.31. The van der Waals surface area contributed by atoms with Crippen molar-refractivity contribution in [2.45, 2.75) is 18.8 Å². The molecule has 0 aliphatic carbocycles. The van der Waals surface area contributed by atoms with Crippen molar-refractivity contribution in [1.29, 1.82) is 0 Å². The van der Waals surface area contributed by atoms with Crippen LogP contribution in [0.15, 0.2) is 24.3 Å². The average molecular weight is 279 g/mol. The van der Waals surface area contributed by atoms with E-state index in [0.29, 0.717) is 12.3 Å². The Bertz CT molecular complexity index is 385. The summed E-state index contributed by atoms with van der Waals surface area (Å²) in [6.07, 6.45) is -5.51. The number of alkyl halides is 3. The molecule has 0 radical (unpaired) electrons. The van der Waals surface area contributed by atoms with Crippen LogP contribution in [0.25, 0.3) is 0 Å². The molecule has 0 fully saturated rings. The second-order valence-corrected chi connectivity index (χ2v) is 3.95. The molecule has 7 heteroatoms. The molecule has 1 rings (SSSR count). The first-order chi connectivity index (χ1) is 8.90. The van der Waals surface area contributed by atoms with Crippen LogP contribution in [0.5, 0.6) is 5.75 Å². The summed E-state index contributed by atoms with van der Waals surface area (Å²) in [4.78, 5) is 0. The molecular formula is C12H16F3NO3. The Morgan fingerprint density at radius 3 is 2.63 bits per heavy atom. The Morgan fingerprint density at radius 2 is 2.00 bits per heavy atom. The molecule has 1 unspecified atom stereocenters. The van der Waals surface area contributed by atoms with E-state index in [0.717, 1.165) is 5.56 Å². The molecule has 0 aliphatic rings. The second-order valence-electron chi connectivity index (χ2n) is 3.95. The molecule has 0 saturated carbocycles. The van der Waals surface area contributed by atoms with E-state index in [2.05, 4.69) is 4.74 Å². The number of halogens is 3. The van der Waals surface area contributed by atoms with Gasteiger partial charge in [-0.05, 0) is 17.7 Å². The standard InChI is InChI=1S/C12H16F3NO3/c13-12(14,15)8-18-6-10(17)7-19-11-3-1-2-9(4-11)5-16/h1-4,10,17H,5-8,16H2. The first-order valence-electron chi connectivity index (χ1n) is 5.65.